The average Bonchev–Trinajstić information content (AvgIpc) is 2.81. The smallest absolute Gasteiger partial charge is 0.239 e. The summed E-state index contributed by atoms with van der Waals surface area (Å²) in [7, 11) is 1.71. The first-order valence-corrected chi connectivity index (χ1v) is 11.3. The molecule has 3 rings (SSSR count). The Morgan fingerprint density at radius 2 is 1.58 bits per heavy atom. The Morgan fingerprint density at radius 3 is 2.29 bits per heavy atom. The number of hydrogen-bond acceptors (Lipinski definition) is 3. The summed E-state index contributed by atoms with van der Waals surface area (Å²) < 4.78 is 0. The monoisotopic (exact) mass is 421 g/mol. The molecule has 0 unspecified atom stereocenters. The molecule has 1 heterocycles. The van der Waals surface area contributed by atoms with E-state index in [1.54, 1.807) is 7.05 Å². The number of hydrogen-bond donors (Lipinski definition) is 3. The summed E-state index contributed by atoms with van der Waals surface area (Å²) in [5.41, 5.74) is 3.77. The van der Waals surface area contributed by atoms with Crippen LogP contribution in [0.2, 0.25) is 0 Å². The number of likely N-dealkylation sites (tertiary alicyclic amines) is 1. The largest absolute Gasteiger partial charge is 0.354 e. The van der Waals surface area contributed by atoms with Gasteiger partial charge in [0.25, 0.3) is 0 Å². The van der Waals surface area contributed by atoms with Crippen molar-refractivity contribution in [2.75, 3.05) is 33.2 Å². The quantitative estimate of drug-likeness (QED) is 0.430. The van der Waals surface area contributed by atoms with Crippen LogP contribution >= 0.6 is 0 Å². The van der Waals surface area contributed by atoms with Crippen molar-refractivity contribution in [3.63, 3.8) is 0 Å². The molecule has 166 valence electrons. The Kier molecular flexibility index (Phi) is 9.38. The number of aliphatic imine (C=N–C) groups is 1. The first-order chi connectivity index (χ1) is 15.2. The molecule has 0 bridgehead atoms. The van der Waals surface area contributed by atoms with Crippen molar-refractivity contribution in [3.8, 4) is 0 Å². The van der Waals surface area contributed by atoms with Crippen molar-refractivity contribution in [2.45, 2.75) is 38.8 Å². The van der Waals surface area contributed by atoms with Crippen molar-refractivity contribution in [1.82, 2.24) is 20.9 Å². The van der Waals surface area contributed by atoms with Crippen molar-refractivity contribution in [1.29, 1.82) is 0 Å². The van der Waals surface area contributed by atoms with E-state index < -0.39 is 0 Å². The van der Waals surface area contributed by atoms with Gasteiger partial charge in [-0.3, -0.25) is 14.7 Å². The molecule has 1 aliphatic rings. The van der Waals surface area contributed by atoms with E-state index in [0.29, 0.717) is 19.0 Å². The molecule has 1 aliphatic heterocycles. The summed E-state index contributed by atoms with van der Waals surface area (Å²) in [5.74, 6) is 0.580. The van der Waals surface area contributed by atoms with Crippen LogP contribution in [-0.4, -0.2) is 50.0 Å². The molecule has 6 heteroatoms. The lowest BCUT2D eigenvalue weighted by atomic mass is 10.1. The second-order valence-electron chi connectivity index (χ2n) is 8.02. The first kappa shape index (κ1) is 22.8. The second-order valence-corrected chi connectivity index (χ2v) is 8.02. The third-order valence-electron chi connectivity index (χ3n) is 5.56. The summed E-state index contributed by atoms with van der Waals surface area (Å²) >= 11 is 0. The molecule has 3 N–H and O–H groups in total. The minimum absolute atomic E-state index is 0.0408. The van der Waals surface area contributed by atoms with E-state index in [-0.39, 0.29) is 12.5 Å². The number of benzene rings is 2. The zero-order valence-corrected chi connectivity index (χ0v) is 18.6. The minimum Gasteiger partial charge on any atom is -0.354 e. The van der Waals surface area contributed by atoms with Crippen LogP contribution in [-0.2, 0) is 24.3 Å². The number of nitrogens with one attached hydrogen (secondary N) is 3. The highest BCUT2D eigenvalue weighted by Crippen LogP contribution is 2.13. The van der Waals surface area contributed by atoms with Gasteiger partial charge < -0.3 is 16.0 Å². The number of piperidine rings is 1. The highest BCUT2D eigenvalue weighted by atomic mass is 16.1. The van der Waals surface area contributed by atoms with Gasteiger partial charge in [0, 0.05) is 26.7 Å². The maximum atomic E-state index is 12.1. The summed E-state index contributed by atoms with van der Waals surface area (Å²) in [4.78, 5) is 18.8. The van der Waals surface area contributed by atoms with Gasteiger partial charge in [-0.25, -0.2) is 0 Å². The van der Waals surface area contributed by atoms with E-state index in [1.165, 1.54) is 49.0 Å². The Bertz CT molecular complexity index is 814. The molecule has 0 atom stereocenters. The molecular weight excluding hydrogens is 386 g/mol. The van der Waals surface area contributed by atoms with Gasteiger partial charge >= 0.3 is 0 Å². The lowest BCUT2D eigenvalue weighted by molar-refractivity contribution is -0.119. The van der Waals surface area contributed by atoms with Crippen LogP contribution in [0.3, 0.4) is 0 Å². The van der Waals surface area contributed by atoms with Crippen LogP contribution < -0.4 is 16.0 Å². The van der Waals surface area contributed by atoms with Crippen molar-refractivity contribution >= 4 is 11.9 Å². The molecule has 6 nitrogen and oxygen atoms in total. The summed E-state index contributed by atoms with van der Waals surface area (Å²) in [6, 6.07) is 18.9. The first-order valence-electron chi connectivity index (χ1n) is 11.3. The lowest BCUT2D eigenvalue weighted by Crippen LogP contribution is -2.43. The SMILES string of the molecule is CN=C(NCC(=O)NCCc1ccccc1)NCc1ccc(CN2CCCCC2)cc1. The Balaban J connectivity index is 1.33. The molecule has 1 saturated heterocycles. The molecule has 31 heavy (non-hydrogen) atoms. The average molecular weight is 422 g/mol. The number of amides is 1. The van der Waals surface area contributed by atoms with Gasteiger partial charge in [0.05, 0.1) is 6.54 Å². The van der Waals surface area contributed by atoms with Gasteiger partial charge in [0.1, 0.15) is 0 Å². The highest BCUT2D eigenvalue weighted by Gasteiger charge is 2.10. The Morgan fingerprint density at radius 1 is 0.871 bits per heavy atom. The molecule has 0 aromatic heterocycles. The standard InChI is InChI=1S/C25H35N5O/c1-26-25(29-19-24(31)27-15-14-21-8-4-2-5-9-21)28-18-22-10-12-23(13-11-22)20-30-16-6-3-7-17-30/h2,4-5,8-13H,3,6-7,14-20H2,1H3,(H,27,31)(H2,26,28,29). The highest BCUT2D eigenvalue weighted by molar-refractivity contribution is 5.86. The van der Waals surface area contributed by atoms with E-state index in [4.69, 9.17) is 0 Å². The summed E-state index contributed by atoms with van der Waals surface area (Å²) in [6.45, 7) is 4.95. The molecule has 0 aliphatic carbocycles. The molecule has 2 aromatic carbocycles. The predicted octanol–water partition coefficient (Wildman–Crippen LogP) is 2.70. The van der Waals surface area contributed by atoms with Crippen LogP contribution in [0.1, 0.15) is 36.0 Å². The van der Waals surface area contributed by atoms with Crippen LogP contribution in [0.15, 0.2) is 59.6 Å². The van der Waals surface area contributed by atoms with Crippen LogP contribution in [0, 0.1) is 0 Å². The summed E-state index contributed by atoms with van der Waals surface area (Å²) in [6.07, 6.45) is 4.83. The van der Waals surface area contributed by atoms with Gasteiger partial charge in [-0.05, 0) is 49.0 Å². The number of carbonyl (C=O) groups is 1. The normalized spacial score (nSPS) is 14.8. The Labute approximate surface area is 186 Å². The second kappa shape index (κ2) is 12.7. The molecular formula is C25H35N5O. The van der Waals surface area contributed by atoms with Crippen molar-refractivity contribution in [2.24, 2.45) is 4.99 Å². The third kappa shape index (κ3) is 8.42. The topological polar surface area (TPSA) is 68.8 Å². The van der Waals surface area contributed by atoms with E-state index in [9.17, 15) is 4.79 Å². The number of carbonyl (C=O) groups excluding carboxylic acids is 1. The number of nitrogens with zero attached hydrogens (tertiary/aromatic N) is 2. The van der Waals surface area contributed by atoms with E-state index in [0.717, 1.165) is 13.0 Å². The minimum atomic E-state index is -0.0408. The third-order valence-corrected chi connectivity index (χ3v) is 5.56. The molecule has 1 fully saturated rings. The fraction of sp³-hybridized carbons (Fsp3) is 0.440. The van der Waals surface area contributed by atoms with Gasteiger partial charge in [-0.15, -0.1) is 0 Å². The molecule has 0 radical (unpaired) electrons. The Hall–Kier alpha value is -2.86. The molecule has 1 amide bonds. The molecule has 2 aromatic rings. The predicted molar refractivity (Wildman–Crippen MR) is 127 cm³/mol. The fourth-order valence-electron chi connectivity index (χ4n) is 3.76. The van der Waals surface area contributed by atoms with Crippen LogP contribution in [0.5, 0.6) is 0 Å². The molecule has 0 saturated carbocycles. The zero-order chi connectivity index (χ0) is 21.7. The maximum absolute atomic E-state index is 12.1. The maximum Gasteiger partial charge on any atom is 0.239 e. The van der Waals surface area contributed by atoms with E-state index >= 15 is 0 Å². The summed E-state index contributed by atoms with van der Waals surface area (Å²) in [5, 5.41) is 9.28. The molecule has 0 spiro atoms. The lowest BCUT2D eigenvalue weighted by Gasteiger charge is -2.26. The van der Waals surface area contributed by atoms with Crippen LogP contribution in [0.4, 0.5) is 0 Å². The fourth-order valence-corrected chi connectivity index (χ4v) is 3.76. The van der Waals surface area contributed by atoms with Crippen LogP contribution in [0.25, 0.3) is 0 Å². The van der Waals surface area contributed by atoms with Gasteiger partial charge in [-0.1, -0.05) is 61.0 Å². The zero-order valence-electron chi connectivity index (χ0n) is 18.6. The van der Waals surface area contributed by atoms with E-state index in [1.807, 2.05) is 18.2 Å². The van der Waals surface area contributed by atoms with Gasteiger partial charge in [-0.2, -0.15) is 0 Å². The van der Waals surface area contributed by atoms with Crippen molar-refractivity contribution in [3.05, 3.63) is 71.3 Å². The van der Waals surface area contributed by atoms with Gasteiger partial charge in [0.15, 0.2) is 5.96 Å². The van der Waals surface area contributed by atoms with Gasteiger partial charge in [0.2, 0.25) is 5.91 Å². The number of guanidine groups is 1. The van der Waals surface area contributed by atoms with E-state index in [2.05, 4.69) is 62.2 Å². The van der Waals surface area contributed by atoms with Crippen molar-refractivity contribution < 1.29 is 4.79 Å². The number of rotatable bonds is 9.